The van der Waals surface area contributed by atoms with Crippen molar-refractivity contribution in [1.29, 1.82) is 0 Å². The number of amides is 2. The molecule has 1 aromatic rings. The lowest BCUT2D eigenvalue weighted by molar-refractivity contribution is -0.134. The first-order valence-corrected chi connectivity index (χ1v) is 8.74. The van der Waals surface area contributed by atoms with Gasteiger partial charge in [-0.2, -0.15) is 0 Å². The largest absolute Gasteiger partial charge is 0.341 e. The van der Waals surface area contributed by atoms with Crippen LogP contribution in [0.25, 0.3) is 0 Å². The highest BCUT2D eigenvalue weighted by Gasteiger charge is 2.28. The molecule has 1 aromatic carbocycles. The van der Waals surface area contributed by atoms with Crippen molar-refractivity contribution in [2.24, 2.45) is 5.92 Å². The van der Waals surface area contributed by atoms with Crippen molar-refractivity contribution in [3.8, 4) is 0 Å². The van der Waals surface area contributed by atoms with E-state index in [2.05, 4.69) is 5.32 Å². The van der Waals surface area contributed by atoms with Crippen LogP contribution in [0, 0.1) is 5.92 Å². The smallest absolute Gasteiger partial charge is 0.251 e. The van der Waals surface area contributed by atoms with Gasteiger partial charge in [0, 0.05) is 18.7 Å². The molecule has 4 nitrogen and oxygen atoms in total. The summed E-state index contributed by atoms with van der Waals surface area (Å²) in [5.74, 6) is -0.0449. The van der Waals surface area contributed by atoms with Gasteiger partial charge in [-0.15, -0.1) is 0 Å². The van der Waals surface area contributed by atoms with E-state index >= 15 is 0 Å². The summed E-state index contributed by atoms with van der Waals surface area (Å²) in [4.78, 5) is 27.2. The molecule has 23 heavy (non-hydrogen) atoms. The minimum Gasteiger partial charge on any atom is -0.341 e. The van der Waals surface area contributed by atoms with Gasteiger partial charge in [-0.05, 0) is 30.9 Å². The molecule has 1 fully saturated rings. The summed E-state index contributed by atoms with van der Waals surface area (Å²) in [7, 11) is 0. The van der Waals surface area contributed by atoms with Crippen molar-refractivity contribution in [2.75, 3.05) is 13.1 Å². The highest BCUT2D eigenvalue weighted by Crippen LogP contribution is 2.14. The Morgan fingerprint density at radius 1 is 0.957 bits per heavy atom. The van der Waals surface area contributed by atoms with Gasteiger partial charge in [0.2, 0.25) is 5.91 Å². The minimum absolute atomic E-state index is 0.0613. The number of likely N-dealkylation sites (tertiary alicyclic amines) is 1. The Hall–Kier alpha value is -1.84. The summed E-state index contributed by atoms with van der Waals surface area (Å²) in [5.41, 5.74) is 0.596. The van der Waals surface area contributed by atoms with Crippen LogP contribution >= 0.6 is 0 Å². The van der Waals surface area contributed by atoms with E-state index in [-0.39, 0.29) is 17.7 Å². The fraction of sp³-hybridized carbons (Fsp3) is 0.579. The van der Waals surface area contributed by atoms with E-state index in [1.807, 2.05) is 36.9 Å². The molecule has 126 valence electrons. The van der Waals surface area contributed by atoms with Crippen LogP contribution in [-0.4, -0.2) is 35.8 Å². The second-order valence-corrected chi connectivity index (χ2v) is 6.65. The van der Waals surface area contributed by atoms with Crippen LogP contribution in [0.4, 0.5) is 0 Å². The Kier molecular flexibility index (Phi) is 6.63. The molecule has 0 aliphatic carbocycles. The third kappa shape index (κ3) is 5.08. The number of carbonyl (C=O) groups excluding carboxylic acids is 2. The molecule has 4 heteroatoms. The highest BCUT2D eigenvalue weighted by atomic mass is 16.2. The van der Waals surface area contributed by atoms with Crippen molar-refractivity contribution in [3.05, 3.63) is 35.9 Å². The second-order valence-electron chi connectivity index (χ2n) is 6.65. The normalized spacial score (nSPS) is 17.3. The first-order chi connectivity index (χ1) is 11.1. The predicted molar refractivity (Wildman–Crippen MR) is 92.2 cm³/mol. The quantitative estimate of drug-likeness (QED) is 0.927. The maximum Gasteiger partial charge on any atom is 0.251 e. The topological polar surface area (TPSA) is 49.4 Å². The van der Waals surface area contributed by atoms with E-state index in [0.29, 0.717) is 5.56 Å². The van der Waals surface area contributed by atoms with E-state index < -0.39 is 6.04 Å². The van der Waals surface area contributed by atoms with E-state index in [9.17, 15) is 9.59 Å². The molecule has 0 spiro atoms. The van der Waals surface area contributed by atoms with Crippen LogP contribution in [0.15, 0.2) is 30.3 Å². The number of rotatable bonds is 4. The van der Waals surface area contributed by atoms with Crippen LogP contribution in [0.5, 0.6) is 0 Å². The van der Waals surface area contributed by atoms with Gasteiger partial charge in [0.1, 0.15) is 6.04 Å². The van der Waals surface area contributed by atoms with Gasteiger partial charge < -0.3 is 10.2 Å². The lowest BCUT2D eigenvalue weighted by Gasteiger charge is -2.31. The van der Waals surface area contributed by atoms with Crippen molar-refractivity contribution < 1.29 is 9.59 Å². The molecule has 0 saturated carbocycles. The second kappa shape index (κ2) is 8.70. The number of nitrogens with zero attached hydrogens (tertiary/aromatic N) is 1. The van der Waals surface area contributed by atoms with Gasteiger partial charge >= 0.3 is 0 Å². The van der Waals surface area contributed by atoms with Crippen molar-refractivity contribution in [2.45, 2.75) is 52.0 Å². The fourth-order valence-corrected chi connectivity index (χ4v) is 2.99. The molecule has 2 rings (SSSR count). The number of carbonyl (C=O) groups is 2. The zero-order valence-corrected chi connectivity index (χ0v) is 14.3. The molecule has 1 unspecified atom stereocenters. The van der Waals surface area contributed by atoms with Crippen LogP contribution in [0.1, 0.15) is 56.3 Å². The fourth-order valence-electron chi connectivity index (χ4n) is 2.99. The number of benzene rings is 1. The van der Waals surface area contributed by atoms with Crippen LogP contribution in [0.2, 0.25) is 0 Å². The lowest BCUT2D eigenvalue weighted by Crippen LogP contribution is -2.51. The molecule has 0 bridgehead atoms. The number of hydrogen-bond acceptors (Lipinski definition) is 2. The van der Waals surface area contributed by atoms with E-state index in [1.54, 1.807) is 12.1 Å². The van der Waals surface area contributed by atoms with E-state index in [4.69, 9.17) is 0 Å². The number of nitrogens with one attached hydrogen (secondary N) is 1. The Bertz CT molecular complexity index is 505. The Balaban J connectivity index is 2.04. The van der Waals surface area contributed by atoms with Gasteiger partial charge in [0.25, 0.3) is 5.91 Å². The maximum absolute atomic E-state index is 12.9. The van der Waals surface area contributed by atoms with Crippen molar-refractivity contribution in [3.63, 3.8) is 0 Å². The Labute approximate surface area is 139 Å². The summed E-state index contributed by atoms with van der Waals surface area (Å²) in [6, 6.07) is 8.63. The molecule has 1 saturated heterocycles. The summed E-state index contributed by atoms with van der Waals surface area (Å²) in [6.07, 6.45) is 5.76. The predicted octanol–water partition coefficient (Wildman–Crippen LogP) is 3.23. The van der Waals surface area contributed by atoms with Crippen molar-refractivity contribution >= 4 is 11.8 Å². The summed E-state index contributed by atoms with van der Waals surface area (Å²) < 4.78 is 0. The molecule has 2 amide bonds. The van der Waals surface area contributed by atoms with Gasteiger partial charge in [-0.1, -0.05) is 51.3 Å². The molecule has 1 aliphatic rings. The summed E-state index contributed by atoms with van der Waals surface area (Å²) in [5, 5.41) is 2.94. The molecular formula is C19H28N2O2. The maximum atomic E-state index is 12.9. The van der Waals surface area contributed by atoms with Gasteiger partial charge in [-0.3, -0.25) is 9.59 Å². The lowest BCUT2D eigenvalue weighted by atomic mass is 10.0. The van der Waals surface area contributed by atoms with Gasteiger partial charge in [0.15, 0.2) is 0 Å². The standard InChI is InChI=1S/C19H28N2O2/c1-15(2)17(20-18(22)16-11-7-6-8-12-16)19(23)21-13-9-4-3-5-10-14-21/h6-8,11-12,15,17H,3-5,9-10,13-14H2,1-2H3,(H,20,22). The van der Waals surface area contributed by atoms with Gasteiger partial charge in [0.05, 0.1) is 0 Å². The third-order valence-corrected chi connectivity index (χ3v) is 4.42. The van der Waals surface area contributed by atoms with Gasteiger partial charge in [-0.25, -0.2) is 0 Å². The Morgan fingerprint density at radius 3 is 2.09 bits per heavy atom. The highest BCUT2D eigenvalue weighted by molar-refractivity contribution is 5.97. The molecule has 0 aromatic heterocycles. The average Bonchev–Trinajstić information content (AvgIpc) is 2.52. The van der Waals surface area contributed by atoms with Crippen LogP contribution < -0.4 is 5.32 Å². The number of hydrogen-bond donors (Lipinski definition) is 1. The van der Waals surface area contributed by atoms with E-state index in [1.165, 1.54) is 19.3 Å². The van der Waals surface area contributed by atoms with E-state index in [0.717, 1.165) is 25.9 Å². The monoisotopic (exact) mass is 316 g/mol. The summed E-state index contributed by atoms with van der Waals surface area (Å²) in [6.45, 7) is 5.59. The SMILES string of the molecule is CC(C)C(NC(=O)c1ccccc1)C(=O)N1CCCCCCC1. The zero-order chi connectivity index (χ0) is 16.7. The third-order valence-electron chi connectivity index (χ3n) is 4.42. The Morgan fingerprint density at radius 2 is 1.52 bits per heavy atom. The average molecular weight is 316 g/mol. The molecule has 1 N–H and O–H groups in total. The minimum atomic E-state index is -0.456. The first kappa shape index (κ1) is 17.5. The molecule has 1 heterocycles. The van der Waals surface area contributed by atoms with Crippen molar-refractivity contribution in [1.82, 2.24) is 10.2 Å². The van der Waals surface area contributed by atoms with Crippen LogP contribution in [0.3, 0.4) is 0 Å². The first-order valence-electron chi connectivity index (χ1n) is 8.74. The zero-order valence-electron chi connectivity index (χ0n) is 14.3. The molecule has 0 radical (unpaired) electrons. The molecule has 1 aliphatic heterocycles. The molecule has 1 atom stereocenters. The molecular weight excluding hydrogens is 288 g/mol. The van der Waals surface area contributed by atoms with Crippen LogP contribution in [-0.2, 0) is 4.79 Å². The summed E-state index contributed by atoms with van der Waals surface area (Å²) >= 11 is 0.